The van der Waals surface area contributed by atoms with Crippen LogP contribution in [0.1, 0.15) is 51.3 Å². The first-order valence-corrected chi connectivity index (χ1v) is 14.6. The lowest BCUT2D eigenvalue weighted by molar-refractivity contribution is -0.145. The van der Waals surface area contributed by atoms with Crippen LogP contribution in [0.2, 0.25) is 0 Å². The van der Waals surface area contributed by atoms with Crippen LogP contribution in [0, 0.1) is 12.3 Å². The maximum atomic E-state index is 14.4. The molecule has 0 bridgehead atoms. The monoisotopic (exact) mass is 604 g/mol. The van der Waals surface area contributed by atoms with E-state index < -0.39 is 53.0 Å². The number of carbonyl (C=O) groups excluding carboxylic acids is 4. The van der Waals surface area contributed by atoms with Crippen molar-refractivity contribution in [3.05, 3.63) is 35.0 Å². The number of methoxy groups -OCH3 is 1. The number of hydrogen-bond acceptors (Lipinski definition) is 9. The van der Waals surface area contributed by atoms with Crippen LogP contribution < -0.4 is 15.4 Å². The van der Waals surface area contributed by atoms with Gasteiger partial charge >= 0.3 is 5.97 Å². The second-order valence-electron chi connectivity index (χ2n) is 11.8. The van der Waals surface area contributed by atoms with Gasteiger partial charge in [0.1, 0.15) is 17.8 Å². The molecule has 1 unspecified atom stereocenters. The van der Waals surface area contributed by atoms with E-state index in [1.165, 1.54) is 23.3 Å². The van der Waals surface area contributed by atoms with Crippen molar-refractivity contribution < 1.29 is 38.1 Å². The van der Waals surface area contributed by atoms with Gasteiger partial charge in [0, 0.05) is 25.1 Å². The number of aliphatic hydroxyl groups excluding tert-OH is 1. The topological polar surface area (TPSA) is 147 Å². The van der Waals surface area contributed by atoms with Gasteiger partial charge in [-0.25, -0.2) is 14.2 Å². The number of nitrogens with zero attached hydrogens (tertiary/aromatic N) is 2. The minimum atomic E-state index is -1.97. The molecule has 1 aromatic heterocycles. The van der Waals surface area contributed by atoms with Gasteiger partial charge in [-0.05, 0) is 36.8 Å². The van der Waals surface area contributed by atoms with Crippen molar-refractivity contribution in [2.45, 2.75) is 77.4 Å². The second kappa shape index (κ2) is 12.3. The summed E-state index contributed by atoms with van der Waals surface area (Å²) in [5.74, 6) is -2.12. The first-order valence-electron chi connectivity index (χ1n) is 13.7. The average molecular weight is 605 g/mol. The molecule has 228 valence electrons. The summed E-state index contributed by atoms with van der Waals surface area (Å²) in [7, 11) is 1.25. The highest BCUT2D eigenvalue weighted by atomic mass is 32.1. The highest BCUT2D eigenvalue weighted by Crippen LogP contribution is 2.40. The molecule has 1 aliphatic heterocycles. The van der Waals surface area contributed by atoms with Gasteiger partial charge < -0.3 is 30.1 Å². The molecule has 2 heterocycles. The lowest BCUT2D eigenvalue weighted by atomic mass is 9.85. The molecule has 1 saturated carbocycles. The molecule has 2 aliphatic rings. The van der Waals surface area contributed by atoms with Crippen molar-refractivity contribution in [3.63, 3.8) is 0 Å². The average Bonchev–Trinajstić information content (AvgIpc) is 3.35. The first kappa shape index (κ1) is 31.4. The van der Waals surface area contributed by atoms with Crippen molar-refractivity contribution in [2.75, 3.05) is 20.3 Å². The molecule has 1 aromatic carbocycles. The molecule has 2 fully saturated rings. The number of ether oxygens (including phenoxy) is 2. The van der Waals surface area contributed by atoms with E-state index in [-0.39, 0.29) is 39.0 Å². The number of rotatable bonds is 10. The Balaban J connectivity index is 1.50. The van der Waals surface area contributed by atoms with Gasteiger partial charge in [0.2, 0.25) is 11.8 Å². The van der Waals surface area contributed by atoms with E-state index in [2.05, 4.69) is 20.4 Å². The van der Waals surface area contributed by atoms with E-state index in [0.717, 1.165) is 16.1 Å². The molecule has 13 heteroatoms. The van der Waals surface area contributed by atoms with E-state index in [9.17, 15) is 28.7 Å². The van der Waals surface area contributed by atoms with Gasteiger partial charge in [0.25, 0.3) is 5.91 Å². The molecule has 3 atom stereocenters. The molecule has 11 nitrogen and oxygen atoms in total. The van der Waals surface area contributed by atoms with Crippen LogP contribution in [0.3, 0.4) is 0 Å². The van der Waals surface area contributed by atoms with E-state index in [0.29, 0.717) is 11.3 Å². The minimum Gasteiger partial charge on any atom is -0.482 e. The standard InChI is InChI=1S/C29H37FN4O7S/c1-16-23(42-15-32-16)17-6-7-18(21(10-17)41-14-22(36)40-5)12-31-25(37)20-11-19(35)13-34(20)26(38)24(28(2,3)4)33-27(39)29(30)8-9-29/h6-7,10,15,19-20,24,35H,8-9,11-14H2,1-5H3,(H,31,37)(H,33,39)/t19-,20+,24?/m1/s1. The summed E-state index contributed by atoms with van der Waals surface area (Å²) in [6.07, 6.45) is -0.732. The Labute approximate surface area is 247 Å². The Kier molecular flexibility index (Phi) is 9.21. The molecule has 3 amide bonds. The van der Waals surface area contributed by atoms with Crippen LogP contribution in [0.25, 0.3) is 10.4 Å². The predicted molar refractivity (Wildman–Crippen MR) is 152 cm³/mol. The number of β-amino-alcohol motifs (C(OH)–C–C–N with tert-alkyl or cyclic N) is 1. The molecule has 1 saturated heterocycles. The van der Waals surface area contributed by atoms with E-state index in [1.807, 2.05) is 13.0 Å². The third-order valence-electron chi connectivity index (χ3n) is 7.45. The molecule has 1 aliphatic carbocycles. The molecule has 42 heavy (non-hydrogen) atoms. The van der Waals surface area contributed by atoms with Crippen molar-refractivity contribution >= 4 is 35.0 Å². The number of aromatic nitrogens is 1. The van der Waals surface area contributed by atoms with Crippen molar-refractivity contribution in [3.8, 4) is 16.2 Å². The number of aryl methyl sites for hydroxylation is 1. The number of likely N-dealkylation sites (tertiary alicyclic amines) is 1. The van der Waals surface area contributed by atoms with Gasteiger partial charge in [0.05, 0.1) is 29.3 Å². The number of thiazole rings is 1. The summed E-state index contributed by atoms with van der Waals surface area (Å²) in [5.41, 5.74) is 1.23. The van der Waals surface area contributed by atoms with Crippen LogP contribution in [0.5, 0.6) is 5.75 Å². The summed E-state index contributed by atoms with van der Waals surface area (Å²) in [6.45, 7) is 6.68. The fourth-order valence-corrected chi connectivity index (χ4v) is 5.57. The number of carbonyl (C=O) groups is 4. The quantitative estimate of drug-likeness (QED) is 0.350. The molecule has 0 spiro atoms. The van der Waals surface area contributed by atoms with Crippen LogP contribution >= 0.6 is 11.3 Å². The zero-order chi connectivity index (χ0) is 30.8. The lowest BCUT2D eigenvalue weighted by Crippen LogP contribution is -2.59. The predicted octanol–water partition coefficient (Wildman–Crippen LogP) is 2.28. The Hall–Kier alpha value is -3.58. The Morgan fingerprint density at radius 1 is 1.26 bits per heavy atom. The van der Waals surface area contributed by atoms with Crippen LogP contribution in [0.15, 0.2) is 23.7 Å². The SMILES string of the molecule is COC(=O)COc1cc(-c2scnc2C)ccc1CNC(=O)[C@@H]1C[C@@H](O)CN1C(=O)C(NC(=O)C1(F)CC1)C(C)(C)C. The fourth-order valence-electron chi connectivity index (χ4n) is 4.77. The number of nitrogens with one attached hydrogen (secondary N) is 2. The summed E-state index contributed by atoms with van der Waals surface area (Å²) in [6, 6.07) is 3.28. The molecule has 0 radical (unpaired) electrons. The summed E-state index contributed by atoms with van der Waals surface area (Å²) in [4.78, 5) is 57.7. The van der Waals surface area contributed by atoms with Crippen LogP contribution in [-0.4, -0.2) is 82.8 Å². The van der Waals surface area contributed by atoms with E-state index >= 15 is 0 Å². The maximum Gasteiger partial charge on any atom is 0.343 e. The largest absolute Gasteiger partial charge is 0.482 e. The second-order valence-corrected chi connectivity index (χ2v) is 12.7. The molecular formula is C29H37FN4O7S. The summed E-state index contributed by atoms with van der Waals surface area (Å²) >= 11 is 1.46. The maximum absolute atomic E-state index is 14.4. The smallest absolute Gasteiger partial charge is 0.343 e. The number of halogens is 1. The Morgan fingerprint density at radius 2 is 1.98 bits per heavy atom. The van der Waals surface area contributed by atoms with E-state index in [4.69, 9.17) is 4.74 Å². The molecule has 3 N–H and O–H groups in total. The van der Waals surface area contributed by atoms with Gasteiger partial charge in [-0.2, -0.15) is 0 Å². The van der Waals surface area contributed by atoms with Gasteiger partial charge in [-0.3, -0.25) is 14.4 Å². The van der Waals surface area contributed by atoms with Crippen LogP contribution in [-0.2, 0) is 30.5 Å². The van der Waals surface area contributed by atoms with Crippen molar-refractivity contribution in [1.82, 2.24) is 20.5 Å². The number of benzene rings is 1. The van der Waals surface area contributed by atoms with Crippen LogP contribution in [0.4, 0.5) is 4.39 Å². The Morgan fingerprint density at radius 3 is 2.57 bits per heavy atom. The zero-order valence-corrected chi connectivity index (χ0v) is 25.2. The normalized spacial score (nSPS) is 20.0. The van der Waals surface area contributed by atoms with Gasteiger partial charge in [-0.15, -0.1) is 11.3 Å². The Bertz CT molecular complexity index is 1350. The lowest BCUT2D eigenvalue weighted by Gasteiger charge is -2.35. The van der Waals surface area contributed by atoms with Gasteiger partial charge in [0.15, 0.2) is 12.3 Å². The number of amides is 3. The number of esters is 1. The zero-order valence-electron chi connectivity index (χ0n) is 24.4. The number of aliphatic hydroxyl groups is 1. The molecular weight excluding hydrogens is 567 g/mol. The van der Waals surface area contributed by atoms with Crippen molar-refractivity contribution in [2.24, 2.45) is 5.41 Å². The molecule has 2 aromatic rings. The minimum absolute atomic E-state index is 0.00468. The highest BCUT2D eigenvalue weighted by molar-refractivity contribution is 7.13. The summed E-state index contributed by atoms with van der Waals surface area (Å²) < 4.78 is 24.8. The van der Waals surface area contributed by atoms with E-state index in [1.54, 1.807) is 38.4 Å². The first-order chi connectivity index (χ1) is 19.7. The summed E-state index contributed by atoms with van der Waals surface area (Å²) in [5, 5.41) is 15.8. The fraction of sp³-hybridized carbons (Fsp3) is 0.552. The molecule has 4 rings (SSSR count). The third-order valence-corrected chi connectivity index (χ3v) is 8.43. The third kappa shape index (κ3) is 7.06. The van der Waals surface area contributed by atoms with Gasteiger partial charge in [-0.1, -0.05) is 32.9 Å². The number of alkyl halides is 1. The number of hydrogen-bond donors (Lipinski definition) is 3. The van der Waals surface area contributed by atoms with Crippen molar-refractivity contribution in [1.29, 1.82) is 0 Å². The highest BCUT2D eigenvalue weighted by Gasteiger charge is 2.53.